The number of rotatable bonds is 36. The van der Waals surface area contributed by atoms with Crippen LogP contribution >= 0.6 is 7.82 Å². The van der Waals surface area contributed by atoms with Gasteiger partial charge in [-0.05, 0) is 38.5 Å². The molecule has 0 spiro atoms. The molecule has 0 aliphatic rings. The van der Waals surface area contributed by atoms with Crippen molar-refractivity contribution in [1.29, 1.82) is 0 Å². The van der Waals surface area contributed by atoms with Crippen molar-refractivity contribution in [2.24, 2.45) is 0 Å². The zero-order valence-corrected chi connectivity index (χ0v) is 31.4. The Morgan fingerprint density at radius 2 is 1.02 bits per heavy atom. The van der Waals surface area contributed by atoms with Crippen LogP contribution in [0.1, 0.15) is 174 Å². The summed E-state index contributed by atoms with van der Waals surface area (Å²) in [6.45, 7) is 2.34. The van der Waals surface area contributed by atoms with E-state index in [4.69, 9.17) is 19.1 Å². The maximum absolute atomic E-state index is 12.5. The van der Waals surface area contributed by atoms with E-state index in [-0.39, 0.29) is 19.4 Å². The van der Waals surface area contributed by atoms with Gasteiger partial charge in [0.25, 0.3) is 0 Å². The van der Waals surface area contributed by atoms with Crippen LogP contribution in [0, 0.1) is 0 Å². The molecular formula is C37H71O10P. The highest BCUT2D eigenvalue weighted by Crippen LogP contribution is 2.43. The SMILES string of the molecule is CCCCCC/C=C/CCCCCCCCCC(=O)OC[C@@H](COP(=O)(O)OC[C@H](O)CO)OC(=O)CCCCCCCCCCCC. The number of esters is 2. The minimum Gasteiger partial charge on any atom is -0.462 e. The smallest absolute Gasteiger partial charge is 0.462 e. The van der Waals surface area contributed by atoms with E-state index in [9.17, 15) is 24.2 Å². The zero-order valence-electron chi connectivity index (χ0n) is 30.5. The Labute approximate surface area is 292 Å². The summed E-state index contributed by atoms with van der Waals surface area (Å²) in [4.78, 5) is 34.7. The summed E-state index contributed by atoms with van der Waals surface area (Å²) in [5.41, 5.74) is 0. The number of hydrogen-bond donors (Lipinski definition) is 3. The predicted octanol–water partition coefficient (Wildman–Crippen LogP) is 9.28. The normalized spacial score (nSPS) is 14.2. The third-order valence-electron chi connectivity index (χ3n) is 8.17. The fourth-order valence-electron chi connectivity index (χ4n) is 5.16. The van der Waals surface area contributed by atoms with Crippen LogP contribution in [0.25, 0.3) is 0 Å². The van der Waals surface area contributed by atoms with Crippen molar-refractivity contribution in [3.63, 3.8) is 0 Å². The molecule has 0 fully saturated rings. The Morgan fingerprint density at radius 1 is 0.604 bits per heavy atom. The van der Waals surface area contributed by atoms with Gasteiger partial charge in [0.05, 0.1) is 19.8 Å². The minimum absolute atomic E-state index is 0.187. The lowest BCUT2D eigenvalue weighted by atomic mass is 10.1. The van der Waals surface area contributed by atoms with Gasteiger partial charge >= 0.3 is 19.8 Å². The number of phosphoric acid groups is 1. The molecule has 0 aliphatic carbocycles. The number of aliphatic hydroxyl groups is 2. The quantitative estimate of drug-likeness (QED) is 0.0249. The van der Waals surface area contributed by atoms with Crippen molar-refractivity contribution in [2.75, 3.05) is 26.4 Å². The molecule has 0 heterocycles. The number of ether oxygens (including phenoxy) is 2. The maximum Gasteiger partial charge on any atom is 0.472 e. The standard InChI is InChI=1S/C37H71O10P/c1-3-5-7-9-11-13-15-16-17-18-19-21-22-24-26-28-36(40)44-32-35(33-46-48(42,43)45-31-34(39)30-38)47-37(41)29-27-25-23-20-14-12-10-8-6-4-2/h13,15,34-35,38-39H,3-12,14,16-33H2,1-2H3,(H,42,43)/b15-13+/t34-,35+/m1/s1. The van der Waals surface area contributed by atoms with Crippen molar-refractivity contribution in [3.05, 3.63) is 12.2 Å². The topological polar surface area (TPSA) is 149 Å². The predicted molar refractivity (Wildman–Crippen MR) is 192 cm³/mol. The van der Waals surface area contributed by atoms with Crippen molar-refractivity contribution in [2.45, 2.75) is 187 Å². The summed E-state index contributed by atoms with van der Waals surface area (Å²) in [5.74, 6) is -0.927. The first kappa shape index (κ1) is 46.7. The van der Waals surface area contributed by atoms with E-state index >= 15 is 0 Å². The van der Waals surface area contributed by atoms with Crippen LogP contribution in [-0.2, 0) is 32.7 Å². The van der Waals surface area contributed by atoms with Gasteiger partial charge in [-0.1, -0.05) is 135 Å². The van der Waals surface area contributed by atoms with Crippen LogP contribution in [0.5, 0.6) is 0 Å². The van der Waals surface area contributed by atoms with Gasteiger partial charge in [-0.25, -0.2) is 4.57 Å². The third kappa shape index (κ3) is 33.2. The number of unbranched alkanes of at least 4 members (excludes halogenated alkanes) is 20. The molecule has 48 heavy (non-hydrogen) atoms. The summed E-state index contributed by atoms with van der Waals surface area (Å²) in [7, 11) is -4.60. The van der Waals surface area contributed by atoms with Gasteiger partial charge < -0.3 is 24.6 Å². The molecular weight excluding hydrogens is 635 g/mol. The van der Waals surface area contributed by atoms with Crippen molar-refractivity contribution >= 4 is 19.8 Å². The van der Waals surface area contributed by atoms with Crippen LogP contribution in [-0.4, -0.2) is 65.7 Å². The average Bonchev–Trinajstić information content (AvgIpc) is 3.07. The minimum atomic E-state index is -4.60. The van der Waals surface area contributed by atoms with Gasteiger partial charge in [-0.15, -0.1) is 0 Å². The maximum atomic E-state index is 12.5. The Hall–Kier alpha value is -1.29. The molecule has 3 atom stereocenters. The lowest BCUT2D eigenvalue weighted by molar-refractivity contribution is -0.161. The van der Waals surface area contributed by atoms with E-state index in [1.807, 2.05) is 0 Å². The van der Waals surface area contributed by atoms with Gasteiger partial charge in [-0.3, -0.25) is 18.6 Å². The monoisotopic (exact) mass is 706 g/mol. The van der Waals surface area contributed by atoms with Crippen LogP contribution in [0.3, 0.4) is 0 Å². The van der Waals surface area contributed by atoms with Crippen LogP contribution in [0.2, 0.25) is 0 Å². The Balaban J connectivity index is 4.33. The second-order valence-corrected chi connectivity index (χ2v) is 14.4. The van der Waals surface area contributed by atoms with Gasteiger partial charge in [0, 0.05) is 12.8 Å². The van der Waals surface area contributed by atoms with Crippen LogP contribution in [0.4, 0.5) is 0 Å². The zero-order chi connectivity index (χ0) is 35.6. The number of carbonyl (C=O) groups is 2. The van der Waals surface area contributed by atoms with Gasteiger partial charge in [-0.2, -0.15) is 0 Å². The van der Waals surface area contributed by atoms with Gasteiger partial charge in [0.15, 0.2) is 6.10 Å². The fraction of sp³-hybridized carbons (Fsp3) is 0.892. The molecule has 0 bridgehead atoms. The second kappa shape index (κ2) is 34.2. The molecule has 0 aromatic rings. The molecule has 10 nitrogen and oxygen atoms in total. The summed E-state index contributed by atoms with van der Waals surface area (Å²) < 4.78 is 32.5. The van der Waals surface area contributed by atoms with E-state index in [0.717, 1.165) is 44.9 Å². The molecule has 0 radical (unpaired) electrons. The molecule has 11 heteroatoms. The number of aliphatic hydroxyl groups excluding tert-OH is 2. The third-order valence-corrected chi connectivity index (χ3v) is 9.12. The summed E-state index contributed by atoms with van der Waals surface area (Å²) in [6, 6.07) is 0. The Kier molecular flexibility index (Phi) is 33.3. The van der Waals surface area contributed by atoms with E-state index in [1.54, 1.807) is 0 Å². The molecule has 3 N–H and O–H groups in total. The van der Waals surface area contributed by atoms with Crippen molar-refractivity contribution in [1.82, 2.24) is 0 Å². The van der Waals surface area contributed by atoms with E-state index < -0.39 is 51.8 Å². The Morgan fingerprint density at radius 3 is 1.52 bits per heavy atom. The van der Waals surface area contributed by atoms with E-state index in [0.29, 0.717) is 12.8 Å². The molecule has 0 amide bonds. The van der Waals surface area contributed by atoms with Crippen LogP contribution < -0.4 is 0 Å². The molecule has 1 unspecified atom stereocenters. The first-order valence-corrected chi connectivity index (χ1v) is 20.6. The molecule has 284 valence electrons. The van der Waals surface area contributed by atoms with Gasteiger partial charge in [0.2, 0.25) is 0 Å². The number of carbonyl (C=O) groups excluding carboxylic acids is 2. The van der Waals surface area contributed by atoms with Crippen LogP contribution in [0.15, 0.2) is 12.2 Å². The lowest BCUT2D eigenvalue weighted by Gasteiger charge is -2.20. The first-order valence-electron chi connectivity index (χ1n) is 19.1. The summed E-state index contributed by atoms with van der Waals surface area (Å²) in [5, 5.41) is 18.2. The largest absolute Gasteiger partial charge is 0.472 e. The fourth-order valence-corrected chi connectivity index (χ4v) is 5.95. The summed E-state index contributed by atoms with van der Waals surface area (Å²) >= 11 is 0. The molecule has 0 aromatic carbocycles. The van der Waals surface area contributed by atoms with Gasteiger partial charge in [0.1, 0.15) is 12.7 Å². The van der Waals surface area contributed by atoms with E-state index in [1.165, 1.54) is 89.9 Å². The highest BCUT2D eigenvalue weighted by molar-refractivity contribution is 7.47. The first-order chi connectivity index (χ1) is 23.2. The van der Waals surface area contributed by atoms with Crippen molar-refractivity contribution in [3.8, 4) is 0 Å². The average molecular weight is 707 g/mol. The molecule has 0 saturated carbocycles. The second-order valence-electron chi connectivity index (χ2n) is 13.0. The highest BCUT2D eigenvalue weighted by Gasteiger charge is 2.27. The molecule has 0 rings (SSSR count). The number of allylic oxidation sites excluding steroid dienone is 2. The molecule has 0 aliphatic heterocycles. The highest BCUT2D eigenvalue weighted by atomic mass is 31.2. The Bertz CT molecular complexity index is 822. The van der Waals surface area contributed by atoms with Crippen molar-refractivity contribution < 1.29 is 47.8 Å². The number of phosphoric ester groups is 1. The number of hydrogen-bond acceptors (Lipinski definition) is 9. The van der Waals surface area contributed by atoms with E-state index in [2.05, 4.69) is 30.5 Å². The molecule has 0 aromatic heterocycles. The summed E-state index contributed by atoms with van der Waals surface area (Å²) in [6.07, 6.45) is 29.0. The lowest BCUT2D eigenvalue weighted by Crippen LogP contribution is -2.29. The molecule has 0 saturated heterocycles.